The third-order valence-electron chi connectivity index (χ3n) is 5.38. The Labute approximate surface area is 185 Å². The molecule has 5 heteroatoms. The smallest absolute Gasteiger partial charge is 0.266 e. The summed E-state index contributed by atoms with van der Waals surface area (Å²) in [6.07, 6.45) is 1.70. The lowest BCUT2D eigenvalue weighted by Gasteiger charge is -2.24. The fourth-order valence-electron chi connectivity index (χ4n) is 3.63. The summed E-state index contributed by atoms with van der Waals surface area (Å²) in [6.45, 7) is 10.6. The van der Waals surface area contributed by atoms with E-state index in [4.69, 9.17) is 4.74 Å². The van der Waals surface area contributed by atoms with E-state index in [0.717, 1.165) is 35.5 Å². The zero-order chi connectivity index (χ0) is 22.2. The van der Waals surface area contributed by atoms with Crippen LogP contribution in [0.25, 0.3) is 0 Å². The van der Waals surface area contributed by atoms with Crippen molar-refractivity contribution >= 4 is 17.4 Å². The molecule has 0 aliphatic carbocycles. The molecule has 0 saturated carbocycles. The van der Waals surface area contributed by atoms with Crippen molar-refractivity contribution in [3.8, 4) is 5.75 Å². The number of pyridine rings is 1. The third-order valence-corrected chi connectivity index (χ3v) is 5.38. The summed E-state index contributed by atoms with van der Waals surface area (Å²) in [4.78, 5) is 21.5. The van der Waals surface area contributed by atoms with E-state index in [0.29, 0.717) is 12.4 Å². The molecule has 1 heterocycles. The van der Waals surface area contributed by atoms with Gasteiger partial charge in [-0.05, 0) is 68.7 Å². The minimum absolute atomic E-state index is 0.0419. The number of amides is 1. The van der Waals surface area contributed by atoms with Crippen LogP contribution in [0.4, 0.5) is 11.5 Å². The van der Waals surface area contributed by atoms with E-state index >= 15 is 0 Å². The molecule has 0 fully saturated rings. The van der Waals surface area contributed by atoms with Crippen molar-refractivity contribution in [3.63, 3.8) is 0 Å². The minimum atomic E-state index is -0.130. The van der Waals surface area contributed by atoms with Crippen molar-refractivity contribution in [3.05, 3.63) is 83.6 Å². The molecule has 0 unspecified atom stereocenters. The van der Waals surface area contributed by atoms with Crippen molar-refractivity contribution in [1.29, 1.82) is 0 Å². The maximum absolute atomic E-state index is 13.2. The quantitative estimate of drug-likeness (QED) is 0.483. The maximum Gasteiger partial charge on any atom is 0.266 e. The normalized spacial score (nSPS) is 10.6. The molecule has 3 aromatic rings. The van der Waals surface area contributed by atoms with Gasteiger partial charge in [-0.1, -0.05) is 36.4 Å². The summed E-state index contributed by atoms with van der Waals surface area (Å²) in [7, 11) is 0. The molecule has 0 N–H and O–H groups in total. The minimum Gasteiger partial charge on any atom is -0.483 e. The Kier molecular flexibility index (Phi) is 7.65. The van der Waals surface area contributed by atoms with Crippen LogP contribution < -0.4 is 14.5 Å². The van der Waals surface area contributed by atoms with Gasteiger partial charge in [0.2, 0.25) is 0 Å². The van der Waals surface area contributed by atoms with E-state index in [9.17, 15) is 4.79 Å². The van der Waals surface area contributed by atoms with E-state index in [1.54, 1.807) is 11.1 Å². The molecule has 0 bridgehead atoms. The van der Waals surface area contributed by atoms with Crippen molar-refractivity contribution in [2.75, 3.05) is 29.5 Å². The van der Waals surface area contributed by atoms with Crippen molar-refractivity contribution in [2.45, 2.75) is 34.2 Å². The van der Waals surface area contributed by atoms with E-state index in [1.165, 1.54) is 5.69 Å². The molecular formula is C26H31N3O2. The molecule has 31 heavy (non-hydrogen) atoms. The first kappa shape index (κ1) is 22.3. The van der Waals surface area contributed by atoms with E-state index in [1.807, 2.05) is 50.2 Å². The van der Waals surface area contributed by atoms with Gasteiger partial charge in [-0.15, -0.1) is 0 Å². The fraction of sp³-hybridized carbons (Fsp3) is 0.308. The molecule has 0 saturated heterocycles. The number of carbonyl (C=O) groups excluding carboxylic acids is 1. The number of rotatable bonds is 9. The fourth-order valence-corrected chi connectivity index (χ4v) is 3.63. The van der Waals surface area contributed by atoms with Crippen molar-refractivity contribution in [2.24, 2.45) is 0 Å². The summed E-state index contributed by atoms with van der Waals surface area (Å²) in [5.41, 5.74) is 4.26. The van der Waals surface area contributed by atoms with Gasteiger partial charge in [-0.3, -0.25) is 9.69 Å². The SMILES string of the molecule is CCN(CC)c1ccc(CN(C(=O)COc2c(C)cccc2C)c2ccccn2)cc1. The van der Waals surface area contributed by atoms with Gasteiger partial charge >= 0.3 is 0 Å². The van der Waals surface area contributed by atoms with E-state index in [2.05, 4.69) is 48.0 Å². The predicted octanol–water partition coefficient (Wildman–Crippen LogP) is 5.16. The first-order valence-electron chi connectivity index (χ1n) is 10.8. The monoisotopic (exact) mass is 417 g/mol. The summed E-state index contributed by atoms with van der Waals surface area (Å²) in [5, 5.41) is 0. The Hall–Kier alpha value is -3.34. The molecule has 0 spiro atoms. The molecule has 5 nitrogen and oxygen atoms in total. The lowest BCUT2D eigenvalue weighted by atomic mass is 10.1. The first-order valence-corrected chi connectivity index (χ1v) is 10.8. The highest BCUT2D eigenvalue weighted by Gasteiger charge is 2.19. The summed E-state index contributed by atoms with van der Waals surface area (Å²) in [6, 6.07) is 19.9. The molecule has 162 valence electrons. The van der Waals surface area contributed by atoms with Crippen LogP contribution in [0.5, 0.6) is 5.75 Å². The molecule has 0 aliphatic rings. The second kappa shape index (κ2) is 10.6. The Bertz CT molecular complexity index is 963. The number of ether oxygens (including phenoxy) is 1. The number of carbonyl (C=O) groups is 1. The molecule has 1 amide bonds. The van der Waals surface area contributed by atoms with Crippen molar-refractivity contribution < 1.29 is 9.53 Å². The number of aromatic nitrogens is 1. The second-order valence-electron chi connectivity index (χ2n) is 7.52. The van der Waals surface area contributed by atoms with Crippen LogP contribution in [0, 0.1) is 13.8 Å². The van der Waals surface area contributed by atoms with Gasteiger partial charge in [0, 0.05) is 25.0 Å². The molecule has 0 radical (unpaired) electrons. The lowest BCUT2D eigenvalue weighted by molar-refractivity contribution is -0.120. The van der Waals surface area contributed by atoms with Gasteiger partial charge in [0.05, 0.1) is 6.54 Å². The average Bonchev–Trinajstić information content (AvgIpc) is 2.79. The molecule has 3 rings (SSSR count). The van der Waals surface area contributed by atoms with Crippen molar-refractivity contribution in [1.82, 2.24) is 4.98 Å². The summed E-state index contributed by atoms with van der Waals surface area (Å²) < 4.78 is 5.92. The molecule has 0 aliphatic heterocycles. The van der Waals surface area contributed by atoms with Gasteiger partial charge in [0.15, 0.2) is 6.61 Å². The molecular weight excluding hydrogens is 386 g/mol. The number of nitrogens with zero attached hydrogens (tertiary/aromatic N) is 3. The first-order chi connectivity index (χ1) is 15.0. The van der Waals surface area contributed by atoms with Gasteiger partial charge in [0.1, 0.15) is 11.6 Å². The van der Waals surface area contributed by atoms with Crippen LogP contribution in [0.3, 0.4) is 0 Å². The highest BCUT2D eigenvalue weighted by atomic mass is 16.5. The van der Waals surface area contributed by atoms with E-state index < -0.39 is 0 Å². The van der Waals surface area contributed by atoms with Crippen LogP contribution in [-0.2, 0) is 11.3 Å². The summed E-state index contributed by atoms with van der Waals surface area (Å²) in [5.74, 6) is 1.25. The number of para-hydroxylation sites is 1. The van der Waals surface area contributed by atoms with Gasteiger partial charge in [0.25, 0.3) is 5.91 Å². The highest BCUT2D eigenvalue weighted by molar-refractivity contribution is 5.93. The number of aryl methyl sites for hydroxylation is 2. The molecule has 0 atom stereocenters. The maximum atomic E-state index is 13.2. The lowest BCUT2D eigenvalue weighted by Crippen LogP contribution is -2.35. The van der Waals surface area contributed by atoms with Gasteiger partial charge in [-0.2, -0.15) is 0 Å². The van der Waals surface area contributed by atoms with Crippen LogP contribution in [0.1, 0.15) is 30.5 Å². The number of anilines is 2. The van der Waals surface area contributed by atoms with Crippen LogP contribution >= 0.6 is 0 Å². The van der Waals surface area contributed by atoms with Crippen LogP contribution in [0.2, 0.25) is 0 Å². The third kappa shape index (κ3) is 5.63. The standard InChI is InChI=1S/C26H31N3O2/c1-5-28(6-2)23-15-13-22(14-16-23)18-29(24-12-7-8-17-27-24)25(30)19-31-26-20(3)10-9-11-21(26)4/h7-17H,5-6,18-19H2,1-4H3. The van der Waals surface area contributed by atoms with Crippen LogP contribution in [0.15, 0.2) is 66.9 Å². The zero-order valence-corrected chi connectivity index (χ0v) is 18.8. The average molecular weight is 418 g/mol. The topological polar surface area (TPSA) is 45.7 Å². The number of hydrogen-bond acceptors (Lipinski definition) is 4. The number of hydrogen-bond donors (Lipinski definition) is 0. The number of benzene rings is 2. The Balaban J connectivity index is 1.78. The second-order valence-corrected chi connectivity index (χ2v) is 7.52. The predicted molar refractivity (Wildman–Crippen MR) is 127 cm³/mol. The largest absolute Gasteiger partial charge is 0.483 e. The van der Waals surface area contributed by atoms with Gasteiger partial charge in [-0.25, -0.2) is 4.98 Å². The Morgan fingerprint density at radius 1 is 0.903 bits per heavy atom. The highest BCUT2D eigenvalue weighted by Crippen LogP contribution is 2.23. The van der Waals surface area contributed by atoms with Gasteiger partial charge < -0.3 is 9.64 Å². The van der Waals surface area contributed by atoms with E-state index in [-0.39, 0.29) is 12.5 Å². The Morgan fingerprint density at radius 3 is 2.16 bits per heavy atom. The molecule has 1 aromatic heterocycles. The molecule has 2 aromatic carbocycles. The van der Waals surface area contributed by atoms with Crippen LogP contribution in [-0.4, -0.2) is 30.6 Å². The zero-order valence-electron chi connectivity index (χ0n) is 18.8. The Morgan fingerprint density at radius 2 is 1.58 bits per heavy atom. The summed E-state index contributed by atoms with van der Waals surface area (Å²) >= 11 is 0.